The monoisotopic (exact) mass is 355 g/mol. The van der Waals surface area contributed by atoms with E-state index in [4.69, 9.17) is 9.47 Å². The van der Waals surface area contributed by atoms with Gasteiger partial charge < -0.3 is 14.8 Å². The van der Waals surface area contributed by atoms with Gasteiger partial charge in [0.25, 0.3) is 0 Å². The van der Waals surface area contributed by atoms with Crippen molar-refractivity contribution < 1.29 is 19.1 Å². The minimum Gasteiger partial charge on any atom is -0.467 e. The van der Waals surface area contributed by atoms with Gasteiger partial charge in [-0.2, -0.15) is 0 Å². The summed E-state index contributed by atoms with van der Waals surface area (Å²) in [5.41, 5.74) is 0. The molecule has 0 heterocycles. The largest absolute Gasteiger partial charge is 0.467 e. The van der Waals surface area contributed by atoms with Gasteiger partial charge in [-0.1, -0.05) is 52.5 Å². The molecule has 0 bridgehead atoms. The quantitative estimate of drug-likeness (QED) is 0.271. The molecule has 0 aliphatic rings. The zero-order valence-corrected chi connectivity index (χ0v) is 16.5. The Labute approximate surface area is 153 Å². The van der Waals surface area contributed by atoms with Gasteiger partial charge in [-0.15, -0.1) is 6.58 Å². The van der Waals surface area contributed by atoms with Crippen LogP contribution >= 0.6 is 0 Å². The second kappa shape index (κ2) is 14.8. The number of rotatable bonds is 14. The van der Waals surface area contributed by atoms with Crippen LogP contribution < -0.4 is 5.32 Å². The number of unbranched alkanes of at least 4 members (excludes halogenated alkanes) is 4. The molecule has 1 amide bonds. The minimum absolute atomic E-state index is 0.142. The smallest absolute Gasteiger partial charge is 0.408 e. The maximum Gasteiger partial charge on any atom is 0.408 e. The van der Waals surface area contributed by atoms with Gasteiger partial charge in [0.15, 0.2) is 0 Å². The number of allylic oxidation sites excluding steroid dienone is 1. The summed E-state index contributed by atoms with van der Waals surface area (Å²) in [5, 5.41) is 2.66. The van der Waals surface area contributed by atoms with Gasteiger partial charge in [-0.3, -0.25) is 0 Å². The van der Waals surface area contributed by atoms with Crippen molar-refractivity contribution in [1.29, 1.82) is 0 Å². The summed E-state index contributed by atoms with van der Waals surface area (Å²) in [7, 11) is 1.33. The highest BCUT2D eigenvalue weighted by atomic mass is 16.6. The fourth-order valence-corrected chi connectivity index (χ4v) is 2.70. The Kier molecular flexibility index (Phi) is 13.9. The van der Waals surface area contributed by atoms with E-state index in [1.807, 2.05) is 19.9 Å². The van der Waals surface area contributed by atoms with Crippen molar-refractivity contribution in [2.45, 2.75) is 90.7 Å². The third-order valence-corrected chi connectivity index (χ3v) is 4.08. The fraction of sp³-hybridized carbons (Fsp3) is 0.800. The van der Waals surface area contributed by atoms with Gasteiger partial charge in [0.2, 0.25) is 0 Å². The van der Waals surface area contributed by atoms with Gasteiger partial charge in [0, 0.05) is 0 Å². The zero-order chi connectivity index (χ0) is 19.1. The van der Waals surface area contributed by atoms with Crippen LogP contribution in [0.5, 0.6) is 0 Å². The number of methoxy groups -OCH3 is 1. The average molecular weight is 356 g/mol. The van der Waals surface area contributed by atoms with Gasteiger partial charge in [0.1, 0.15) is 12.1 Å². The van der Waals surface area contributed by atoms with Gasteiger partial charge in [-0.05, 0) is 38.0 Å². The van der Waals surface area contributed by atoms with Crippen molar-refractivity contribution in [2.75, 3.05) is 7.11 Å². The number of hydrogen-bond donors (Lipinski definition) is 1. The lowest BCUT2D eigenvalue weighted by Crippen LogP contribution is -2.43. The molecular weight excluding hydrogens is 318 g/mol. The number of hydrogen-bond acceptors (Lipinski definition) is 4. The normalized spacial score (nSPS) is 13.2. The maximum atomic E-state index is 12.2. The topological polar surface area (TPSA) is 64.6 Å². The van der Waals surface area contributed by atoms with Crippen molar-refractivity contribution in [2.24, 2.45) is 5.92 Å². The Balaban J connectivity index is 4.49. The first-order chi connectivity index (χ1) is 11.9. The Hall–Kier alpha value is -1.52. The summed E-state index contributed by atoms with van der Waals surface area (Å²) in [6, 6.07) is -0.665. The molecule has 0 fully saturated rings. The van der Waals surface area contributed by atoms with Crippen molar-refractivity contribution in [3.8, 4) is 0 Å². The van der Waals surface area contributed by atoms with Crippen LogP contribution in [-0.4, -0.2) is 31.3 Å². The molecule has 1 unspecified atom stereocenters. The highest BCUT2D eigenvalue weighted by Gasteiger charge is 2.24. The maximum absolute atomic E-state index is 12.2. The Morgan fingerprint density at radius 2 is 1.80 bits per heavy atom. The van der Waals surface area contributed by atoms with E-state index in [0.717, 1.165) is 32.1 Å². The van der Waals surface area contributed by atoms with Gasteiger partial charge >= 0.3 is 12.1 Å². The molecule has 0 aliphatic carbocycles. The highest BCUT2D eigenvalue weighted by molar-refractivity contribution is 5.81. The molecule has 1 N–H and O–H groups in total. The Morgan fingerprint density at radius 1 is 1.12 bits per heavy atom. The van der Waals surface area contributed by atoms with Crippen LogP contribution in [0.15, 0.2) is 12.7 Å². The molecule has 0 aromatic carbocycles. The van der Waals surface area contributed by atoms with Crippen molar-refractivity contribution in [1.82, 2.24) is 5.32 Å². The molecule has 0 aromatic rings. The van der Waals surface area contributed by atoms with E-state index in [9.17, 15) is 9.59 Å². The molecular formula is C20H37NO4. The molecule has 0 saturated carbocycles. The highest BCUT2D eigenvalue weighted by Crippen LogP contribution is 2.15. The summed E-state index contributed by atoms with van der Waals surface area (Å²) < 4.78 is 10.3. The van der Waals surface area contributed by atoms with E-state index in [1.165, 1.54) is 26.4 Å². The van der Waals surface area contributed by atoms with Crippen LogP contribution in [0.25, 0.3) is 0 Å². The third kappa shape index (κ3) is 12.5. The van der Waals surface area contributed by atoms with Crippen LogP contribution in [0.3, 0.4) is 0 Å². The SMILES string of the molecule is C=CCCC(CCCCCCC)OC(=O)N[C@@H](CC(C)C)C(=O)OC. The number of amides is 1. The average Bonchev–Trinajstić information content (AvgIpc) is 2.57. The standard InChI is InChI=1S/C20H37NO4/c1-6-8-10-11-12-14-17(13-9-7-2)25-20(23)21-18(15-16(3)4)19(22)24-5/h7,16-18H,2,6,8-15H2,1,3-5H3,(H,21,23)/t17?,18-/m0/s1. The minimum atomic E-state index is -0.665. The molecule has 25 heavy (non-hydrogen) atoms. The molecule has 5 nitrogen and oxygen atoms in total. The first-order valence-corrected chi connectivity index (χ1v) is 9.60. The van der Waals surface area contributed by atoms with E-state index in [2.05, 4.69) is 18.8 Å². The van der Waals surface area contributed by atoms with E-state index in [1.54, 1.807) is 0 Å². The first-order valence-electron chi connectivity index (χ1n) is 9.60. The predicted molar refractivity (Wildman–Crippen MR) is 101 cm³/mol. The van der Waals surface area contributed by atoms with E-state index in [0.29, 0.717) is 6.42 Å². The van der Waals surface area contributed by atoms with Crippen LogP contribution in [0.4, 0.5) is 4.79 Å². The fourth-order valence-electron chi connectivity index (χ4n) is 2.70. The number of esters is 1. The lowest BCUT2D eigenvalue weighted by atomic mass is 10.0. The lowest BCUT2D eigenvalue weighted by Gasteiger charge is -2.21. The first kappa shape index (κ1) is 23.5. The number of carbonyl (C=O) groups is 2. The number of ether oxygens (including phenoxy) is 2. The summed E-state index contributed by atoms with van der Waals surface area (Å²) in [4.78, 5) is 24.0. The molecule has 146 valence electrons. The Morgan fingerprint density at radius 3 is 2.36 bits per heavy atom. The summed E-state index contributed by atoms with van der Waals surface area (Å²) >= 11 is 0. The van der Waals surface area contributed by atoms with E-state index in [-0.39, 0.29) is 12.0 Å². The summed E-state index contributed by atoms with van der Waals surface area (Å²) in [6.45, 7) is 9.90. The van der Waals surface area contributed by atoms with Gasteiger partial charge in [0.05, 0.1) is 7.11 Å². The van der Waals surface area contributed by atoms with Crippen molar-refractivity contribution in [3.05, 3.63) is 12.7 Å². The molecule has 2 atom stereocenters. The number of nitrogens with one attached hydrogen (secondary N) is 1. The van der Waals surface area contributed by atoms with E-state index >= 15 is 0 Å². The predicted octanol–water partition coefficient (Wildman–Crippen LogP) is 5.00. The zero-order valence-electron chi connectivity index (χ0n) is 16.5. The summed E-state index contributed by atoms with van der Waals surface area (Å²) in [6.07, 6.45) is 9.96. The molecule has 0 rings (SSSR count). The number of alkyl carbamates (subject to hydrolysis) is 1. The number of carbonyl (C=O) groups excluding carboxylic acids is 2. The summed E-state index contributed by atoms with van der Waals surface area (Å²) in [5.74, 6) is -0.174. The Bertz CT molecular complexity index is 382. The van der Waals surface area contributed by atoms with Crippen LogP contribution in [0.1, 0.15) is 78.6 Å². The van der Waals surface area contributed by atoms with E-state index < -0.39 is 18.1 Å². The molecule has 0 aromatic heterocycles. The molecule has 0 saturated heterocycles. The van der Waals surface area contributed by atoms with Crippen LogP contribution in [0, 0.1) is 5.92 Å². The molecule has 5 heteroatoms. The molecule has 0 aliphatic heterocycles. The van der Waals surface area contributed by atoms with Crippen molar-refractivity contribution >= 4 is 12.1 Å². The second-order valence-corrected chi connectivity index (χ2v) is 6.95. The third-order valence-electron chi connectivity index (χ3n) is 4.08. The van der Waals surface area contributed by atoms with Crippen LogP contribution in [-0.2, 0) is 14.3 Å². The van der Waals surface area contributed by atoms with Crippen LogP contribution in [0.2, 0.25) is 0 Å². The molecule has 0 radical (unpaired) electrons. The second-order valence-electron chi connectivity index (χ2n) is 6.95. The van der Waals surface area contributed by atoms with Crippen molar-refractivity contribution in [3.63, 3.8) is 0 Å². The lowest BCUT2D eigenvalue weighted by molar-refractivity contribution is -0.143. The van der Waals surface area contributed by atoms with Gasteiger partial charge in [-0.25, -0.2) is 9.59 Å². The molecule has 0 spiro atoms.